The van der Waals surface area contributed by atoms with E-state index in [1.54, 1.807) is 12.2 Å². The van der Waals surface area contributed by atoms with Crippen molar-refractivity contribution in [2.24, 2.45) is 5.92 Å². The zero-order valence-corrected chi connectivity index (χ0v) is 20.4. The Hall–Kier alpha value is -1.81. The molecule has 0 unspecified atom stereocenters. The molecule has 0 aromatic heterocycles. The van der Waals surface area contributed by atoms with Gasteiger partial charge in [0.05, 0.1) is 37.6 Å². The van der Waals surface area contributed by atoms with Crippen molar-refractivity contribution in [1.82, 2.24) is 0 Å². The van der Waals surface area contributed by atoms with Gasteiger partial charge in [0, 0.05) is 12.5 Å². The summed E-state index contributed by atoms with van der Waals surface area (Å²) in [6.07, 6.45) is 10.5. The van der Waals surface area contributed by atoms with Crippen LogP contribution in [-0.2, 0) is 28.5 Å². The Morgan fingerprint density at radius 2 is 1.91 bits per heavy atom. The number of aliphatic hydroxyl groups excluding tert-OH is 2. The van der Waals surface area contributed by atoms with Gasteiger partial charge in [0.2, 0.25) is 0 Å². The van der Waals surface area contributed by atoms with Crippen molar-refractivity contribution in [2.45, 2.75) is 94.5 Å². The van der Waals surface area contributed by atoms with Crippen LogP contribution in [0.1, 0.15) is 45.4 Å². The van der Waals surface area contributed by atoms with Crippen molar-refractivity contribution < 1.29 is 38.7 Å². The molecule has 0 saturated carbocycles. The maximum atomic E-state index is 12.5. The number of hydrogen-bond acceptors (Lipinski definition) is 8. The maximum absolute atomic E-state index is 12.5. The average Bonchev–Trinajstić information content (AvgIpc) is 3.38. The maximum Gasteiger partial charge on any atom is 0.330 e. The molecule has 4 aliphatic heterocycles. The van der Waals surface area contributed by atoms with Crippen LogP contribution in [-0.4, -0.2) is 78.4 Å². The summed E-state index contributed by atoms with van der Waals surface area (Å²) >= 11 is 0. The number of rotatable bonds is 3. The van der Waals surface area contributed by atoms with Crippen molar-refractivity contribution in [3.8, 4) is 0 Å². The number of fused-ring (bicyclic) bond motifs is 3. The minimum Gasteiger partial charge on any atom is -0.456 e. The summed E-state index contributed by atoms with van der Waals surface area (Å²) in [5, 5.41) is 21.4. The Kier molecular flexibility index (Phi) is 9.33. The van der Waals surface area contributed by atoms with Crippen molar-refractivity contribution in [3.05, 3.63) is 48.6 Å². The number of epoxide rings is 1. The molecule has 194 valence electrons. The molecule has 35 heavy (non-hydrogen) atoms. The predicted octanol–water partition coefficient (Wildman–Crippen LogP) is 2.74. The first kappa shape index (κ1) is 26.3. The van der Waals surface area contributed by atoms with Gasteiger partial charge in [-0.2, -0.15) is 0 Å². The van der Waals surface area contributed by atoms with Gasteiger partial charge >= 0.3 is 5.97 Å². The Morgan fingerprint density at radius 3 is 2.71 bits per heavy atom. The fourth-order valence-corrected chi connectivity index (χ4v) is 5.01. The smallest absolute Gasteiger partial charge is 0.330 e. The number of ether oxygens (including phenoxy) is 5. The lowest BCUT2D eigenvalue weighted by Crippen LogP contribution is -2.32. The topological polar surface area (TPSA) is 107 Å². The van der Waals surface area contributed by atoms with Crippen LogP contribution in [0.5, 0.6) is 0 Å². The molecular formula is C27H38O8. The lowest BCUT2D eigenvalue weighted by atomic mass is 9.91. The van der Waals surface area contributed by atoms with Gasteiger partial charge in [-0.25, -0.2) is 4.79 Å². The zero-order valence-electron chi connectivity index (χ0n) is 20.4. The van der Waals surface area contributed by atoms with E-state index in [9.17, 15) is 15.0 Å². The Morgan fingerprint density at radius 1 is 1.11 bits per heavy atom. The molecule has 0 spiro atoms. The quantitative estimate of drug-likeness (QED) is 0.353. The number of carbonyl (C=O) groups excluding carboxylic acids is 1. The third kappa shape index (κ3) is 8.10. The fraction of sp³-hybridized carbons (Fsp3) is 0.667. The molecule has 2 N–H and O–H groups in total. The highest BCUT2D eigenvalue weighted by Crippen LogP contribution is 2.34. The number of esters is 1. The molecule has 0 amide bonds. The van der Waals surface area contributed by atoms with E-state index in [2.05, 4.69) is 19.6 Å². The molecule has 4 rings (SSSR count). The SMILES string of the molecule is C=C1C[C@H](C)C[C@@H]2CC=C[C@@H](C/C=C\C(=O)O[C@H]([C@@H](O)/C=C/C3OCCO3)C[C@@H]3O[C@H]3[C@@H](O)C1)O2. The van der Waals surface area contributed by atoms with Gasteiger partial charge in [0.15, 0.2) is 6.29 Å². The number of aliphatic hydroxyl groups is 2. The molecule has 4 heterocycles. The van der Waals surface area contributed by atoms with Gasteiger partial charge in [-0.05, 0) is 44.1 Å². The summed E-state index contributed by atoms with van der Waals surface area (Å²) in [5.74, 6) is -0.167. The minimum atomic E-state index is -1.08. The highest BCUT2D eigenvalue weighted by Gasteiger charge is 2.46. The van der Waals surface area contributed by atoms with E-state index < -0.39 is 30.6 Å². The summed E-state index contributed by atoms with van der Waals surface area (Å²) in [5.41, 5.74) is 0.980. The van der Waals surface area contributed by atoms with Crippen molar-refractivity contribution in [2.75, 3.05) is 13.2 Å². The van der Waals surface area contributed by atoms with Crippen molar-refractivity contribution >= 4 is 5.97 Å². The second-order valence-corrected chi connectivity index (χ2v) is 10.0. The molecule has 4 aliphatic rings. The predicted molar refractivity (Wildman–Crippen MR) is 128 cm³/mol. The zero-order chi connectivity index (χ0) is 24.8. The monoisotopic (exact) mass is 490 g/mol. The third-order valence-electron chi connectivity index (χ3n) is 6.77. The van der Waals surface area contributed by atoms with Gasteiger partial charge in [-0.1, -0.05) is 43.4 Å². The molecule has 0 aromatic carbocycles. The van der Waals surface area contributed by atoms with Crippen LogP contribution in [0.25, 0.3) is 0 Å². The standard InChI is InChI=1S/C27H38O8/c1-17-13-18(2)15-22(29)27-24(35-27)16-23(21(28)9-10-26-31-11-12-32-26)34-25(30)8-4-6-19-5-3-7-20(14-17)33-19/h3-5,8-10,17,19-24,26-29H,2,6-7,11-16H2,1H3/b8-4-,10-9+/t17-,19-,20-,21-,22-,23-,24-,27-/m0/s1. The molecule has 0 aliphatic carbocycles. The van der Waals surface area contributed by atoms with E-state index in [0.717, 1.165) is 24.8 Å². The highest BCUT2D eigenvalue weighted by molar-refractivity contribution is 5.82. The molecule has 2 fully saturated rings. The molecule has 0 radical (unpaired) electrons. The Balaban J connectivity index is 1.44. The summed E-state index contributed by atoms with van der Waals surface area (Å²) in [7, 11) is 0. The highest BCUT2D eigenvalue weighted by atomic mass is 16.7. The minimum absolute atomic E-state index is 0.0924. The number of hydrogen-bond donors (Lipinski definition) is 2. The van der Waals surface area contributed by atoms with Crippen LogP contribution in [0.2, 0.25) is 0 Å². The molecule has 2 saturated heterocycles. The number of carbonyl (C=O) groups is 1. The molecule has 8 heteroatoms. The Labute approximate surface area is 207 Å². The second-order valence-electron chi connectivity index (χ2n) is 10.0. The van der Waals surface area contributed by atoms with Gasteiger partial charge < -0.3 is 33.9 Å². The van der Waals surface area contributed by atoms with Crippen LogP contribution < -0.4 is 0 Å². The van der Waals surface area contributed by atoms with Crippen LogP contribution >= 0.6 is 0 Å². The van der Waals surface area contributed by atoms with E-state index in [4.69, 9.17) is 23.7 Å². The van der Waals surface area contributed by atoms with Crippen LogP contribution in [0.3, 0.4) is 0 Å². The van der Waals surface area contributed by atoms with E-state index >= 15 is 0 Å². The largest absolute Gasteiger partial charge is 0.456 e. The van der Waals surface area contributed by atoms with Crippen LogP contribution in [0, 0.1) is 5.92 Å². The molecule has 0 aromatic rings. The second kappa shape index (κ2) is 12.4. The summed E-state index contributed by atoms with van der Waals surface area (Å²) in [6, 6.07) is 0. The summed E-state index contributed by atoms with van der Waals surface area (Å²) < 4.78 is 28.2. The van der Waals surface area contributed by atoms with E-state index in [1.165, 1.54) is 12.2 Å². The lowest BCUT2D eigenvalue weighted by molar-refractivity contribution is -0.148. The lowest BCUT2D eigenvalue weighted by Gasteiger charge is -2.28. The first-order valence-electron chi connectivity index (χ1n) is 12.7. The summed E-state index contributed by atoms with van der Waals surface area (Å²) in [4.78, 5) is 12.5. The normalized spacial score (nSPS) is 39.5. The van der Waals surface area contributed by atoms with Gasteiger partial charge in [-0.3, -0.25) is 0 Å². The first-order chi connectivity index (χ1) is 16.9. The molecule has 8 nitrogen and oxygen atoms in total. The van der Waals surface area contributed by atoms with Gasteiger partial charge in [0.25, 0.3) is 0 Å². The third-order valence-corrected chi connectivity index (χ3v) is 6.77. The van der Waals surface area contributed by atoms with E-state index in [1.807, 2.05) is 6.08 Å². The van der Waals surface area contributed by atoms with Crippen LogP contribution in [0.4, 0.5) is 0 Å². The van der Waals surface area contributed by atoms with Crippen molar-refractivity contribution in [3.63, 3.8) is 0 Å². The van der Waals surface area contributed by atoms with E-state index in [-0.39, 0.29) is 30.8 Å². The average molecular weight is 491 g/mol. The molecular weight excluding hydrogens is 452 g/mol. The van der Waals surface area contributed by atoms with E-state index in [0.29, 0.717) is 32.0 Å². The molecule has 8 atom stereocenters. The Bertz CT molecular complexity index is 814. The molecule has 2 bridgehead atoms. The number of cyclic esters (lactones) is 1. The van der Waals surface area contributed by atoms with Crippen molar-refractivity contribution in [1.29, 1.82) is 0 Å². The summed E-state index contributed by atoms with van der Waals surface area (Å²) in [6.45, 7) is 7.34. The first-order valence-corrected chi connectivity index (χ1v) is 12.7. The van der Waals surface area contributed by atoms with Gasteiger partial charge in [-0.15, -0.1) is 0 Å². The fourth-order valence-electron chi connectivity index (χ4n) is 5.01. The van der Waals surface area contributed by atoms with Gasteiger partial charge in [0.1, 0.15) is 18.3 Å². The van der Waals surface area contributed by atoms with Crippen LogP contribution in [0.15, 0.2) is 48.6 Å².